The van der Waals surface area contributed by atoms with Gasteiger partial charge in [0.1, 0.15) is 6.07 Å². The van der Waals surface area contributed by atoms with E-state index in [-0.39, 0.29) is 11.5 Å². The molecule has 18 heavy (non-hydrogen) atoms. The van der Waals surface area contributed by atoms with Crippen molar-refractivity contribution in [2.45, 2.75) is 18.0 Å². The number of rotatable bonds is 2. The Hall–Kier alpha value is -1.68. The van der Waals surface area contributed by atoms with Crippen molar-refractivity contribution >= 4 is 18.6 Å². The van der Waals surface area contributed by atoms with Crippen molar-refractivity contribution in [2.24, 2.45) is 0 Å². The number of thiol groups is 1. The van der Waals surface area contributed by atoms with Crippen molar-refractivity contribution in [3.8, 4) is 6.07 Å². The van der Waals surface area contributed by atoms with Crippen molar-refractivity contribution in [3.05, 3.63) is 28.8 Å². The second-order valence-electron chi connectivity index (χ2n) is 3.25. The first-order valence-electron chi connectivity index (χ1n) is 4.82. The van der Waals surface area contributed by atoms with E-state index in [4.69, 9.17) is 5.26 Å². The highest BCUT2D eigenvalue weighted by atomic mass is 32.1. The summed E-state index contributed by atoms with van der Waals surface area (Å²) in [5, 5.41) is 8.79. The van der Waals surface area contributed by atoms with Crippen molar-refractivity contribution in [1.82, 2.24) is 0 Å². The molecule has 0 saturated carbocycles. The fraction of sp³-hybridized carbons (Fsp3) is 0.273. The lowest BCUT2D eigenvalue weighted by Crippen LogP contribution is -2.14. The molecule has 96 valence electrons. The molecule has 3 nitrogen and oxygen atoms in total. The fourth-order valence-corrected chi connectivity index (χ4v) is 1.60. The summed E-state index contributed by atoms with van der Waals surface area (Å²) in [4.78, 5) is 11.4. The minimum absolute atomic E-state index is 0.00184. The van der Waals surface area contributed by atoms with Gasteiger partial charge in [-0.2, -0.15) is 18.4 Å². The van der Waals surface area contributed by atoms with E-state index in [9.17, 15) is 18.0 Å². The van der Waals surface area contributed by atoms with E-state index in [0.717, 1.165) is 6.07 Å². The third kappa shape index (κ3) is 2.96. The first-order valence-corrected chi connectivity index (χ1v) is 5.27. The highest BCUT2D eigenvalue weighted by molar-refractivity contribution is 7.80. The topological polar surface area (TPSA) is 50.1 Å². The molecular formula is C11H8F3NO2S. The van der Waals surface area contributed by atoms with Crippen LogP contribution in [0.25, 0.3) is 0 Å². The van der Waals surface area contributed by atoms with Crippen molar-refractivity contribution in [1.29, 1.82) is 5.26 Å². The molecular weight excluding hydrogens is 267 g/mol. The molecule has 1 aromatic carbocycles. The molecule has 0 saturated heterocycles. The predicted octanol–water partition coefficient (Wildman–Crippen LogP) is 3.04. The number of esters is 1. The average Bonchev–Trinajstić information content (AvgIpc) is 2.27. The number of benzene rings is 1. The van der Waals surface area contributed by atoms with Gasteiger partial charge < -0.3 is 4.74 Å². The first-order chi connectivity index (χ1) is 8.31. The number of hydrogen-bond donors (Lipinski definition) is 1. The Balaban J connectivity index is 3.49. The number of nitriles is 1. The molecule has 1 aromatic rings. The van der Waals surface area contributed by atoms with Gasteiger partial charge in [-0.3, -0.25) is 0 Å². The summed E-state index contributed by atoms with van der Waals surface area (Å²) in [7, 11) is 0. The highest BCUT2D eigenvalue weighted by Crippen LogP contribution is 2.35. The fourth-order valence-electron chi connectivity index (χ4n) is 1.34. The van der Waals surface area contributed by atoms with Gasteiger partial charge >= 0.3 is 12.1 Å². The van der Waals surface area contributed by atoms with E-state index in [1.807, 2.05) is 0 Å². The van der Waals surface area contributed by atoms with E-state index >= 15 is 0 Å². The number of carbonyl (C=O) groups is 1. The maximum Gasteiger partial charge on any atom is 0.417 e. The molecule has 7 heteroatoms. The monoisotopic (exact) mass is 275 g/mol. The maximum atomic E-state index is 12.7. The number of carbonyl (C=O) groups excluding carboxylic acids is 1. The van der Waals surface area contributed by atoms with E-state index in [0.29, 0.717) is 6.07 Å². The van der Waals surface area contributed by atoms with E-state index in [2.05, 4.69) is 17.4 Å². The van der Waals surface area contributed by atoms with Gasteiger partial charge in [-0.05, 0) is 19.1 Å². The Morgan fingerprint density at radius 1 is 1.50 bits per heavy atom. The molecule has 0 aliphatic rings. The van der Waals surface area contributed by atoms with Crippen LogP contribution in [0.1, 0.15) is 28.4 Å². The van der Waals surface area contributed by atoms with Crippen LogP contribution in [0.5, 0.6) is 0 Å². The normalized spacial score (nSPS) is 10.9. The second kappa shape index (κ2) is 5.31. The molecule has 0 fully saturated rings. The Labute approximate surface area is 107 Å². The Morgan fingerprint density at radius 3 is 2.56 bits per heavy atom. The molecule has 0 aromatic heterocycles. The van der Waals surface area contributed by atoms with Gasteiger partial charge in [-0.15, -0.1) is 12.6 Å². The van der Waals surface area contributed by atoms with E-state index < -0.39 is 28.8 Å². The smallest absolute Gasteiger partial charge is 0.417 e. The molecule has 0 aliphatic carbocycles. The standard InChI is InChI=1S/C11H8F3NO2S/c1-2-17-10(16)7-3-6(18)4-9(8(7)5-15)11(12,13)14/h3-4,18H,2H2,1H3. The summed E-state index contributed by atoms with van der Waals surface area (Å²) in [6.45, 7) is 1.51. The summed E-state index contributed by atoms with van der Waals surface area (Å²) < 4.78 is 42.7. The molecule has 0 N–H and O–H groups in total. The van der Waals surface area contributed by atoms with E-state index in [1.54, 1.807) is 0 Å². The first kappa shape index (κ1) is 14.4. The van der Waals surface area contributed by atoms with Crippen LogP contribution in [0.4, 0.5) is 13.2 Å². The minimum Gasteiger partial charge on any atom is -0.462 e. The highest BCUT2D eigenvalue weighted by Gasteiger charge is 2.36. The summed E-state index contributed by atoms with van der Waals surface area (Å²) in [6, 6.07) is 3.16. The van der Waals surface area contributed by atoms with Crippen LogP contribution in [0.15, 0.2) is 17.0 Å². The molecule has 0 heterocycles. The number of alkyl halides is 3. The lowest BCUT2D eigenvalue weighted by Gasteiger charge is -2.12. The zero-order valence-electron chi connectivity index (χ0n) is 9.21. The lowest BCUT2D eigenvalue weighted by molar-refractivity contribution is -0.137. The summed E-state index contributed by atoms with van der Waals surface area (Å²) in [5.74, 6) is -0.976. The van der Waals surface area contributed by atoms with Crippen LogP contribution in [-0.4, -0.2) is 12.6 Å². The minimum atomic E-state index is -4.73. The average molecular weight is 275 g/mol. The van der Waals surface area contributed by atoms with Gasteiger partial charge in [0, 0.05) is 4.90 Å². The predicted molar refractivity (Wildman–Crippen MR) is 59.4 cm³/mol. The quantitative estimate of drug-likeness (QED) is 0.666. The van der Waals surface area contributed by atoms with Crippen LogP contribution in [-0.2, 0) is 10.9 Å². The Morgan fingerprint density at radius 2 is 2.11 bits per heavy atom. The maximum absolute atomic E-state index is 12.7. The summed E-state index contributed by atoms with van der Waals surface area (Å²) >= 11 is 3.79. The van der Waals surface area contributed by atoms with Gasteiger partial charge in [-0.25, -0.2) is 4.79 Å². The van der Waals surface area contributed by atoms with Gasteiger partial charge in [0.05, 0.1) is 23.3 Å². The molecule has 0 atom stereocenters. The molecule has 0 spiro atoms. The van der Waals surface area contributed by atoms with Crippen molar-refractivity contribution in [3.63, 3.8) is 0 Å². The van der Waals surface area contributed by atoms with Crippen LogP contribution in [0.3, 0.4) is 0 Å². The van der Waals surface area contributed by atoms with Gasteiger partial charge in [-0.1, -0.05) is 0 Å². The zero-order chi connectivity index (χ0) is 13.9. The third-order valence-corrected chi connectivity index (χ3v) is 2.29. The van der Waals surface area contributed by atoms with Crippen molar-refractivity contribution < 1.29 is 22.7 Å². The van der Waals surface area contributed by atoms with Gasteiger partial charge in [0.2, 0.25) is 0 Å². The lowest BCUT2D eigenvalue weighted by atomic mass is 10.0. The number of ether oxygens (including phenoxy) is 1. The molecule has 0 radical (unpaired) electrons. The Bertz CT molecular complexity index is 520. The SMILES string of the molecule is CCOC(=O)c1cc(S)cc(C(F)(F)F)c1C#N. The van der Waals surface area contributed by atoms with Crippen LogP contribution in [0.2, 0.25) is 0 Å². The third-order valence-electron chi connectivity index (χ3n) is 2.04. The summed E-state index contributed by atoms with van der Waals surface area (Å²) in [5.41, 5.74) is -2.38. The van der Waals surface area contributed by atoms with Crippen LogP contribution in [0, 0.1) is 11.3 Å². The van der Waals surface area contributed by atoms with Crippen molar-refractivity contribution in [2.75, 3.05) is 6.61 Å². The number of halogens is 3. The molecule has 0 aliphatic heterocycles. The van der Waals surface area contributed by atoms with Crippen LogP contribution < -0.4 is 0 Å². The van der Waals surface area contributed by atoms with E-state index in [1.165, 1.54) is 13.0 Å². The molecule has 0 bridgehead atoms. The second-order valence-corrected chi connectivity index (χ2v) is 3.76. The molecule has 0 unspecified atom stereocenters. The van der Waals surface area contributed by atoms with Gasteiger partial charge in [0.15, 0.2) is 0 Å². The Kier molecular flexibility index (Phi) is 4.24. The number of nitrogens with zero attached hydrogens (tertiary/aromatic N) is 1. The molecule has 0 amide bonds. The number of hydrogen-bond acceptors (Lipinski definition) is 4. The van der Waals surface area contributed by atoms with Crippen LogP contribution >= 0.6 is 12.6 Å². The largest absolute Gasteiger partial charge is 0.462 e. The zero-order valence-corrected chi connectivity index (χ0v) is 10.1. The van der Waals surface area contributed by atoms with Gasteiger partial charge in [0.25, 0.3) is 0 Å². The molecule has 1 rings (SSSR count). The summed E-state index contributed by atoms with van der Waals surface area (Å²) in [6.07, 6.45) is -4.73.